The molecule has 0 aliphatic heterocycles. The lowest BCUT2D eigenvalue weighted by atomic mass is 10.3. The van der Waals surface area contributed by atoms with E-state index < -0.39 is 0 Å². The third kappa shape index (κ3) is 3.73. The third-order valence-electron chi connectivity index (χ3n) is 2.00. The number of pyridine rings is 1. The molecule has 0 atom stereocenters. The second kappa shape index (κ2) is 5.81. The Morgan fingerprint density at radius 2 is 1.76 bits per heavy atom. The van der Waals surface area contributed by atoms with Crippen LogP contribution in [0, 0.1) is 0 Å². The molecule has 3 N–H and O–H groups in total. The number of hydrogen-bond donors (Lipinski definition) is 3. The first-order valence-electron chi connectivity index (χ1n) is 5.14. The second-order valence-corrected chi connectivity index (χ2v) is 3.69. The van der Waals surface area contributed by atoms with E-state index in [4.69, 9.17) is 12.2 Å². The Labute approximate surface area is 105 Å². The first-order chi connectivity index (χ1) is 8.34. The number of hydrogen-bond acceptors (Lipinski definition) is 3. The molecule has 17 heavy (non-hydrogen) atoms. The van der Waals surface area contributed by atoms with E-state index in [1.54, 1.807) is 6.20 Å². The molecule has 0 aliphatic carbocycles. The topological polar surface area (TPSA) is 49.0 Å². The summed E-state index contributed by atoms with van der Waals surface area (Å²) in [7, 11) is 0. The van der Waals surface area contributed by atoms with Crippen LogP contribution in [-0.4, -0.2) is 10.1 Å². The van der Waals surface area contributed by atoms with Crippen molar-refractivity contribution in [1.82, 2.24) is 10.4 Å². The lowest BCUT2D eigenvalue weighted by molar-refractivity contribution is 1.10. The molecule has 0 unspecified atom stereocenters. The van der Waals surface area contributed by atoms with Gasteiger partial charge >= 0.3 is 0 Å². The Kier molecular flexibility index (Phi) is 3.88. The molecular weight excluding hydrogens is 232 g/mol. The van der Waals surface area contributed by atoms with Crippen molar-refractivity contribution >= 4 is 28.8 Å². The molecule has 0 saturated carbocycles. The van der Waals surface area contributed by atoms with E-state index in [1.807, 2.05) is 48.5 Å². The molecule has 86 valence electrons. The summed E-state index contributed by atoms with van der Waals surface area (Å²) in [5.74, 6) is 0.713. The van der Waals surface area contributed by atoms with Gasteiger partial charge in [0.15, 0.2) is 5.11 Å². The van der Waals surface area contributed by atoms with Crippen molar-refractivity contribution in [3.8, 4) is 0 Å². The van der Waals surface area contributed by atoms with Crippen molar-refractivity contribution < 1.29 is 0 Å². The number of nitrogens with zero attached hydrogens (tertiary/aromatic N) is 1. The third-order valence-corrected chi connectivity index (χ3v) is 2.20. The molecule has 0 fully saturated rings. The predicted molar refractivity (Wildman–Crippen MR) is 73.7 cm³/mol. The number of anilines is 2. The standard InChI is InChI=1S/C12H12N4S/c17-12(14-10-6-2-1-3-7-10)16-15-11-8-4-5-9-13-11/h1-9H,(H,13,15)(H2,14,16,17). The SMILES string of the molecule is S=C(NNc1ccccn1)Nc1ccccc1. The van der Waals surface area contributed by atoms with E-state index in [2.05, 4.69) is 21.2 Å². The molecule has 1 heterocycles. The molecule has 1 aromatic carbocycles. The molecule has 4 nitrogen and oxygen atoms in total. The molecule has 0 bridgehead atoms. The Morgan fingerprint density at radius 1 is 1.00 bits per heavy atom. The van der Waals surface area contributed by atoms with Crippen LogP contribution < -0.4 is 16.2 Å². The van der Waals surface area contributed by atoms with E-state index in [-0.39, 0.29) is 0 Å². The number of thiocarbonyl (C=S) groups is 1. The summed E-state index contributed by atoms with van der Waals surface area (Å²) in [6.45, 7) is 0. The monoisotopic (exact) mass is 244 g/mol. The fourth-order valence-corrected chi connectivity index (χ4v) is 1.41. The summed E-state index contributed by atoms with van der Waals surface area (Å²) >= 11 is 5.12. The maximum Gasteiger partial charge on any atom is 0.189 e. The van der Waals surface area contributed by atoms with Gasteiger partial charge in [-0.3, -0.25) is 10.9 Å². The Balaban J connectivity index is 1.83. The van der Waals surface area contributed by atoms with Crippen molar-refractivity contribution in [3.05, 3.63) is 54.7 Å². The van der Waals surface area contributed by atoms with Gasteiger partial charge in [-0.15, -0.1) is 0 Å². The largest absolute Gasteiger partial charge is 0.331 e. The van der Waals surface area contributed by atoms with Gasteiger partial charge in [-0.1, -0.05) is 24.3 Å². The van der Waals surface area contributed by atoms with Gasteiger partial charge in [-0.05, 0) is 36.5 Å². The van der Waals surface area contributed by atoms with Gasteiger partial charge in [0.25, 0.3) is 0 Å². The lowest BCUT2D eigenvalue weighted by Crippen LogP contribution is -2.33. The van der Waals surface area contributed by atoms with Crippen LogP contribution in [0.25, 0.3) is 0 Å². The summed E-state index contributed by atoms with van der Waals surface area (Å²) in [4.78, 5) is 4.10. The van der Waals surface area contributed by atoms with Crippen LogP contribution in [0.3, 0.4) is 0 Å². The maximum atomic E-state index is 5.12. The summed E-state index contributed by atoms with van der Waals surface area (Å²) in [6, 6.07) is 15.3. The number of para-hydroxylation sites is 1. The fourth-order valence-electron chi connectivity index (χ4n) is 1.24. The smallest absolute Gasteiger partial charge is 0.189 e. The van der Waals surface area contributed by atoms with Gasteiger partial charge in [0.2, 0.25) is 0 Å². The summed E-state index contributed by atoms with van der Waals surface area (Å²) in [5, 5.41) is 3.53. The van der Waals surface area contributed by atoms with Crippen LogP contribution in [0.15, 0.2) is 54.7 Å². The molecule has 2 aromatic rings. The van der Waals surface area contributed by atoms with Crippen LogP contribution in [0.2, 0.25) is 0 Å². The number of benzene rings is 1. The summed E-state index contributed by atoms with van der Waals surface area (Å²) in [5.41, 5.74) is 6.69. The molecule has 1 aromatic heterocycles. The minimum atomic E-state index is 0.488. The van der Waals surface area contributed by atoms with E-state index >= 15 is 0 Å². The number of aromatic nitrogens is 1. The maximum absolute atomic E-state index is 5.12. The van der Waals surface area contributed by atoms with E-state index in [0.717, 1.165) is 5.69 Å². The van der Waals surface area contributed by atoms with Crippen LogP contribution in [0.5, 0.6) is 0 Å². The highest BCUT2D eigenvalue weighted by atomic mass is 32.1. The first kappa shape index (κ1) is 11.3. The minimum absolute atomic E-state index is 0.488. The molecule has 5 heteroatoms. The van der Waals surface area contributed by atoms with E-state index in [1.165, 1.54) is 0 Å². The first-order valence-corrected chi connectivity index (χ1v) is 5.54. The fraction of sp³-hybridized carbons (Fsp3) is 0. The van der Waals surface area contributed by atoms with Crippen molar-refractivity contribution in [2.24, 2.45) is 0 Å². The number of hydrazine groups is 1. The Bertz CT molecular complexity index is 472. The van der Waals surface area contributed by atoms with Gasteiger partial charge in [0.1, 0.15) is 5.82 Å². The molecule has 0 spiro atoms. The van der Waals surface area contributed by atoms with Crippen LogP contribution in [-0.2, 0) is 0 Å². The zero-order valence-electron chi connectivity index (χ0n) is 9.05. The van der Waals surface area contributed by atoms with Crippen molar-refractivity contribution in [2.45, 2.75) is 0 Å². The highest BCUT2D eigenvalue weighted by molar-refractivity contribution is 7.80. The molecule has 0 saturated heterocycles. The van der Waals surface area contributed by atoms with Crippen molar-refractivity contribution in [1.29, 1.82) is 0 Å². The lowest BCUT2D eigenvalue weighted by Gasteiger charge is -2.11. The molecular formula is C12H12N4S. The van der Waals surface area contributed by atoms with Crippen LogP contribution >= 0.6 is 12.2 Å². The number of nitrogens with one attached hydrogen (secondary N) is 3. The quantitative estimate of drug-likeness (QED) is 0.572. The van der Waals surface area contributed by atoms with Gasteiger partial charge in [-0.2, -0.15) is 0 Å². The Hall–Kier alpha value is -2.14. The van der Waals surface area contributed by atoms with Crippen LogP contribution in [0.1, 0.15) is 0 Å². The van der Waals surface area contributed by atoms with Crippen molar-refractivity contribution in [2.75, 3.05) is 10.7 Å². The minimum Gasteiger partial charge on any atom is -0.331 e. The van der Waals surface area contributed by atoms with Gasteiger partial charge in [0, 0.05) is 11.9 Å². The van der Waals surface area contributed by atoms with Gasteiger partial charge in [0.05, 0.1) is 0 Å². The normalized spacial score (nSPS) is 9.41. The predicted octanol–water partition coefficient (Wildman–Crippen LogP) is 2.40. The molecule has 0 amide bonds. The second-order valence-electron chi connectivity index (χ2n) is 3.29. The number of rotatable bonds is 3. The van der Waals surface area contributed by atoms with E-state index in [9.17, 15) is 0 Å². The summed E-state index contributed by atoms with van der Waals surface area (Å²) < 4.78 is 0. The zero-order valence-corrected chi connectivity index (χ0v) is 9.87. The molecule has 0 radical (unpaired) electrons. The van der Waals surface area contributed by atoms with Crippen molar-refractivity contribution in [3.63, 3.8) is 0 Å². The highest BCUT2D eigenvalue weighted by Crippen LogP contribution is 2.04. The Morgan fingerprint density at radius 3 is 2.47 bits per heavy atom. The summed E-state index contributed by atoms with van der Waals surface area (Å²) in [6.07, 6.45) is 1.71. The highest BCUT2D eigenvalue weighted by Gasteiger charge is 1.96. The average Bonchev–Trinajstić information content (AvgIpc) is 2.39. The van der Waals surface area contributed by atoms with Gasteiger partial charge < -0.3 is 5.32 Å². The average molecular weight is 244 g/mol. The molecule has 2 rings (SSSR count). The van der Waals surface area contributed by atoms with Gasteiger partial charge in [-0.25, -0.2) is 4.98 Å². The molecule has 0 aliphatic rings. The van der Waals surface area contributed by atoms with E-state index in [0.29, 0.717) is 10.9 Å². The van der Waals surface area contributed by atoms with Crippen LogP contribution in [0.4, 0.5) is 11.5 Å². The zero-order chi connectivity index (χ0) is 11.9.